The Morgan fingerprint density at radius 1 is 1.07 bits per heavy atom. The molecule has 1 aromatic heterocycles. The van der Waals surface area contributed by atoms with Gasteiger partial charge in [0.05, 0.1) is 6.42 Å². The maximum absolute atomic E-state index is 12.4. The van der Waals surface area contributed by atoms with Crippen LogP contribution in [0, 0.1) is 6.92 Å². The van der Waals surface area contributed by atoms with Crippen LogP contribution in [0.25, 0.3) is 22.6 Å². The van der Waals surface area contributed by atoms with Crippen LogP contribution in [0.5, 0.6) is 0 Å². The quantitative estimate of drug-likeness (QED) is 0.457. The Hall–Kier alpha value is -2.92. The zero-order chi connectivity index (χ0) is 18.8. The summed E-state index contributed by atoms with van der Waals surface area (Å²) in [5, 5.41) is 3.00. The highest BCUT2D eigenvalue weighted by molar-refractivity contribution is 9.10. The highest BCUT2D eigenvalue weighted by Crippen LogP contribution is 2.28. The SMILES string of the molecule is Cc1ccc(-c2nc3ccccc3o2)cc1NC(=O)Cc1ccc(Br)cc1. The van der Waals surface area contributed by atoms with E-state index in [0.717, 1.165) is 38.0 Å². The first kappa shape index (κ1) is 17.5. The van der Waals surface area contributed by atoms with Crippen molar-refractivity contribution in [1.29, 1.82) is 0 Å². The number of para-hydroxylation sites is 2. The number of nitrogens with zero attached hydrogens (tertiary/aromatic N) is 1. The number of hydrogen-bond acceptors (Lipinski definition) is 3. The highest BCUT2D eigenvalue weighted by Gasteiger charge is 2.11. The maximum atomic E-state index is 12.4. The van der Waals surface area contributed by atoms with Crippen LogP contribution in [-0.4, -0.2) is 10.9 Å². The third-order valence-electron chi connectivity index (χ3n) is 4.33. The first-order chi connectivity index (χ1) is 13.1. The first-order valence-corrected chi connectivity index (χ1v) is 9.39. The summed E-state index contributed by atoms with van der Waals surface area (Å²) in [6, 6.07) is 21.2. The molecule has 0 unspecified atom stereocenters. The predicted molar refractivity (Wildman–Crippen MR) is 111 cm³/mol. The van der Waals surface area contributed by atoms with E-state index in [1.807, 2.05) is 73.7 Å². The number of benzene rings is 3. The van der Waals surface area contributed by atoms with Gasteiger partial charge in [-0.05, 0) is 54.4 Å². The maximum Gasteiger partial charge on any atom is 0.228 e. The Bertz CT molecular complexity index is 1080. The van der Waals surface area contributed by atoms with Crippen LogP contribution in [0.4, 0.5) is 5.69 Å². The Morgan fingerprint density at radius 2 is 1.85 bits per heavy atom. The summed E-state index contributed by atoms with van der Waals surface area (Å²) in [5.41, 5.74) is 5.10. The molecular weight excluding hydrogens is 404 g/mol. The van der Waals surface area contributed by atoms with Gasteiger partial charge in [-0.3, -0.25) is 4.79 Å². The molecular formula is C22H17BrN2O2. The van der Waals surface area contributed by atoms with E-state index < -0.39 is 0 Å². The van der Waals surface area contributed by atoms with Gasteiger partial charge < -0.3 is 9.73 Å². The monoisotopic (exact) mass is 420 g/mol. The van der Waals surface area contributed by atoms with Gasteiger partial charge in [-0.25, -0.2) is 4.98 Å². The predicted octanol–water partition coefficient (Wildman–Crippen LogP) is 5.75. The number of hydrogen-bond donors (Lipinski definition) is 1. The molecule has 0 spiro atoms. The smallest absolute Gasteiger partial charge is 0.228 e. The number of aromatic nitrogens is 1. The van der Waals surface area contributed by atoms with E-state index in [1.54, 1.807) is 0 Å². The summed E-state index contributed by atoms with van der Waals surface area (Å²) in [5.74, 6) is 0.481. The van der Waals surface area contributed by atoms with Crippen LogP contribution in [0.1, 0.15) is 11.1 Å². The molecule has 0 radical (unpaired) electrons. The van der Waals surface area contributed by atoms with Gasteiger partial charge >= 0.3 is 0 Å². The molecule has 0 saturated heterocycles. The van der Waals surface area contributed by atoms with Crippen molar-refractivity contribution in [3.63, 3.8) is 0 Å². The summed E-state index contributed by atoms with van der Waals surface area (Å²) >= 11 is 3.40. The van der Waals surface area contributed by atoms with Crippen LogP contribution in [0.2, 0.25) is 0 Å². The van der Waals surface area contributed by atoms with Crippen molar-refractivity contribution in [2.75, 3.05) is 5.32 Å². The molecule has 1 amide bonds. The minimum atomic E-state index is -0.0601. The van der Waals surface area contributed by atoms with Crippen molar-refractivity contribution in [2.45, 2.75) is 13.3 Å². The molecule has 0 atom stereocenters. The van der Waals surface area contributed by atoms with Gasteiger partial charge in [-0.15, -0.1) is 0 Å². The highest BCUT2D eigenvalue weighted by atomic mass is 79.9. The molecule has 0 saturated carbocycles. The molecule has 0 bridgehead atoms. The average molecular weight is 421 g/mol. The number of aryl methyl sites for hydroxylation is 1. The lowest BCUT2D eigenvalue weighted by atomic mass is 10.1. The topological polar surface area (TPSA) is 55.1 Å². The molecule has 4 rings (SSSR count). The lowest BCUT2D eigenvalue weighted by molar-refractivity contribution is -0.115. The van der Waals surface area contributed by atoms with Crippen molar-refractivity contribution in [3.8, 4) is 11.5 Å². The number of halogens is 1. The van der Waals surface area contributed by atoms with Gasteiger partial charge in [-0.2, -0.15) is 0 Å². The summed E-state index contributed by atoms with van der Waals surface area (Å²) in [6.45, 7) is 1.96. The van der Waals surface area contributed by atoms with Gasteiger partial charge in [0.15, 0.2) is 5.58 Å². The van der Waals surface area contributed by atoms with E-state index in [4.69, 9.17) is 4.42 Å². The first-order valence-electron chi connectivity index (χ1n) is 8.59. The van der Waals surface area contributed by atoms with Gasteiger partial charge in [-0.1, -0.05) is 46.3 Å². The van der Waals surface area contributed by atoms with E-state index in [0.29, 0.717) is 12.3 Å². The summed E-state index contributed by atoms with van der Waals surface area (Å²) in [7, 11) is 0. The van der Waals surface area contributed by atoms with E-state index in [2.05, 4.69) is 26.2 Å². The fourth-order valence-corrected chi connectivity index (χ4v) is 3.13. The number of nitrogens with one attached hydrogen (secondary N) is 1. The Kier molecular flexibility index (Phi) is 4.77. The minimum Gasteiger partial charge on any atom is -0.436 e. The van der Waals surface area contributed by atoms with E-state index in [-0.39, 0.29) is 5.91 Å². The average Bonchev–Trinajstić information content (AvgIpc) is 3.09. The number of anilines is 1. The molecule has 3 aromatic carbocycles. The van der Waals surface area contributed by atoms with Crippen LogP contribution >= 0.6 is 15.9 Å². The normalized spacial score (nSPS) is 10.9. The number of rotatable bonds is 4. The van der Waals surface area contributed by atoms with Gasteiger partial charge in [0, 0.05) is 15.7 Å². The Balaban J connectivity index is 1.56. The second-order valence-corrected chi connectivity index (χ2v) is 7.28. The number of carbonyl (C=O) groups is 1. The fraction of sp³-hybridized carbons (Fsp3) is 0.0909. The molecule has 27 heavy (non-hydrogen) atoms. The van der Waals surface area contributed by atoms with Crippen molar-refractivity contribution < 1.29 is 9.21 Å². The van der Waals surface area contributed by atoms with Gasteiger partial charge in [0.1, 0.15) is 5.52 Å². The van der Waals surface area contributed by atoms with Crippen LogP contribution < -0.4 is 5.32 Å². The standard InChI is InChI=1S/C22H17BrN2O2/c1-14-6-9-16(22-25-18-4-2-3-5-20(18)27-22)13-19(14)24-21(26)12-15-7-10-17(23)11-8-15/h2-11,13H,12H2,1H3,(H,24,26). The number of carbonyl (C=O) groups excluding carboxylic acids is 1. The Labute approximate surface area is 165 Å². The third-order valence-corrected chi connectivity index (χ3v) is 4.86. The van der Waals surface area contributed by atoms with E-state index in [1.165, 1.54) is 0 Å². The van der Waals surface area contributed by atoms with Crippen molar-refractivity contribution in [3.05, 3.63) is 82.3 Å². The zero-order valence-corrected chi connectivity index (χ0v) is 16.3. The van der Waals surface area contributed by atoms with Crippen LogP contribution in [-0.2, 0) is 11.2 Å². The van der Waals surface area contributed by atoms with Crippen molar-refractivity contribution >= 4 is 38.6 Å². The Morgan fingerprint density at radius 3 is 2.63 bits per heavy atom. The zero-order valence-electron chi connectivity index (χ0n) is 14.7. The molecule has 0 aliphatic rings. The second-order valence-electron chi connectivity index (χ2n) is 6.37. The lowest BCUT2D eigenvalue weighted by Gasteiger charge is -2.10. The lowest BCUT2D eigenvalue weighted by Crippen LogP contribution is -2.15. The van der Waals surface area contributed by atoms with Crippen molar-refractivity contribution in [1.82, 2.24) is 4.98 Å². The molecule has 0 aliphatic carbocycles. The van der Waals surface area contributed by atoms with E-state index in [9.17, 15) is 4.79 Å². The molecule has 5 heteroatoms. The minimum absolute atomic E-state index is 0.0601. The second kappa shape index (κ2) is 7.37. The summed E-state index contributed by atoms with van der Waals surface area (Å²) in [6.07, 6.45) is 0.319. The molecule has 4 aromatic rings. The molecule has 0 aliphatic heterocycles. The van der Waals surface area contributed by atoms with Crippen molar-refractivity contribution in [2.24, 2.45) is 0 Å². The molecule has 0 fully saturated rings. The van der Waals surface area contributed by atoms with Gasteiger partial charge in [0.25, 0.3) is 0 Å². The summed E-state index contributed by atoms with van der Waals surface area (Å²) < 4.78 is 6.83. The molecule has 4 nitrogen and oxygen atoms in total. The molecule has 1 heterocycles. The van der Waals surface area contributed by atoms with Gasteiger partial charge in [0.2, 0.25) is 11.8 Å². The van der Waals surface area contributed by atoms with E-state index >= 15 is 0 Å². The van der Waals surface area contributed by atoms with Crippen LogP contribution in [0.3, 0.4) is 0 Å². The molecule has 134 valence electrons. The number of amides is 1. The number of oxazole rings is 1. The number of fused-ring (bicyclic) bond motifs is 1. The largest absolute Gasteiger partial charge is 0.436 e. The fourth-order valence-electron chi connectivity index (χ4n) is 2.87. The van der Waals surface area contributed by atoms with Crippen LogP contribution in [0.15, 0.2) is 75.6 Å². The molecule has 1 N–H and O–H groups in total. The summed E-state index contributed by atoms with van der Waals surface area (Å²) in [4.78, 5) is 17.0. The third kappa shape index (κ3) is 3.93.